The van der Waals surface area contributed by atoms with Gasteiger partial charge in [0.15, 0.2) is 0 Å². The number of aliphatic hydroxyl groups excluding tert-OH is 1. The third-order valence-corrected chi connectivity index (χ3v) is 8.73. The second kappa shape index (κ2) is 12.9. The molecule has 3 fully saturated rings. The molecule has 10 heteroatoms. The molecule has 7 atom stereocenters. The standard InChI is InChI=1S/C32H51N3O7/c1-10-12-13-23(37)33-17-21(4)41-29(40)24-22-14-15-32(42-22)25(24)27(38)35(20(3)18-36)26(32)28(39)34(16-11-2)31(8,9)19-30(5,6)7/h10-11,20-22,24-26,36H,1-2,12-19H2,3-9H3,(H,33,37)/t20-,21+,22+,24-,25-,26+,32-/m1/s1. The van der Waals surface area contributed by atoms with Crippen LogP contribution in [0.15, 0.2) is 25.3 Å². The maximum absolute atomic E-state index is 14.6. The normalized spacial score (nSPS) is 28.2. The van der Waals surface area contributed by atoms with E-state index >= 15 is 0 Å². The van der Waals surface area contributed by atoms with Crippen LogP contribution in [0.25, 0.3) is 0 Å². The predicted octanol–water partition coefficient (Wildman–Crippen LogP) is 2.99. The third kappa shape index (κ3) is 6.59. The van der Waals surface area contributed by atoms with E-state index in [1.165, 1.54) is 4.90 Å². The van der Waals surface area contributed by atoms with E-state index in [2.05, 4.69) is 39.2 Å². The van der Waals surface area contributed by atoms with E-state index in [-0.39, 0.29) is 42.8 Å². The molecule has 3 rings (SSSR count). The molecule has 3 aliphatic rings. The van der Waals surface area contributed by atoms with Gasteiger partial charge in [-0.05, 0) is 58.8 Å². The van der Waals surface area contributed by atoms with E-state index in [1.807, 2.05) is 13.8 Å². The number of hydrogen-bond acceptors (Lipinski definition) is 7. The van der Waals surface area contributed by atoms with E-state index in [9.17, 15) is 24.3 Å². The molecule has 3 aliphatic heterocycles. The molecule has 0 unspecified atom stereocenters. The van der Waals surface area contributed by atoms with Gasteiger partial charge in [0.2, 0.25) is 17.7 Å². The summed E-state index contributed by atoms with van der Waals surface area (Å²) < 4.78 is 12.2. The van der Waals surface area contributed by atoms with Crippen molar-refractivity contribution in [1.29, 1.82) is 0 Å². The van der Waals surface area contributed by atoms with Gasteiger partial charge in [0.25, 0.3) is 0 Å². The van der Waals surface area contributed by atoms with Gasteiger partial charge in [0.1, 0.15) is 17.7 Å². The van der Waals surface area contributed by atoms with E-state index in [0.29, 0.717) is 32.1 Å². The van der Waals surface area contributed by atoms with E-state index in [4.69, 9.17) is 9.47 Å². The van der Waals surface area contributed by atoms with Crippen molar-refractivity contribution in [2.45, 2.75) is 116 Å². The second-order valence-electron chi connectivity index (χ2n) is 14.0. The molecule has 0 aromatic heterocycles. The molecule has 2 bridgehead atoms. The molecule has 0 saturated carbocycles. The summed E-state index contributed by atoms with van der Waals surface area (Å²) >= 11 is 0. The quantitative estimate of drug-likeness (QED) is 0.236. The molecule has 3 heterocycles. The van der Waals surface area contributed by atoms with Crippen molar-refractivity contribution in [3.05, 3.63) is 25.3 Å². The summed E-state index contributed by atoms with van der Waals surface area (Å²) in [5.74, 6) is -3.18. The molecule has 0 radical (unpaired) electrons. The van der Waals surface area contributed by atoms with Crippen LogP contribution in [0, 0.1) is 17.3 Å². The molecule has 0 aliphatic carbocycles. The van der Waals surface area contributed by atoms with Crippen molar-refractivity contribution in [2.75, 3.05) is 19.7 Å². The summed E-state index contributed by atoms with van der Waals surface area (Å²) in [6.07, 6.45) is 4.66. The van der Waals surface area contributed by atoms with Crippen molar-refractivity contribution in [3.63, 3.8) is 0 Å². The Bertz CT molecular complexity index is 1070. The molecule has 1 spiro atoms. The number of fused-ring (bicyclic) bond motifs is 1. The van der Waals surface area contributed by atoms with Crippen LogP contribution in [0.3, 0.4) is 0 Å². The SMILES string of the molecule is C=CCCC(=O)NC[C@H](C)OC(=O)[C@@H]1[C@@H]2CC[C@]3(O2)[C@H](C(=O)N(CC=C)C(C)(C)CC(C)(C)C)N([C@H](C)CO)C(=O)[C@@H]13. The molecule has 10 nitrogen and oxygen atoms in total. The lowest BCUT2D eigenvalue weighted by molar-refractivity contribution is -0.160. The van der Waals surface area contributed by atoms with Gasteiger partial charge in [0, 0.05) is 18.5 Å². The summed E-state index contributed by atoms with van der Waals surface area (Å²) in [4.78, 5) is 57.5. The van der Waals surface area contributed by atoms with Gasteiger partial charge in [-0.15, -0.1) is 13.2 Å². The zero-order valence-corrected chi connectivity index (χ0v) is 26.5. The highest BCUT2D eigenvalue weighted by Gasteiger charge is 2.75. The average Bonchev–Trinajstić information content (AvgIpc) is 3.54. The first kappa shape index (κ1) is 33.8. The number of carbonyl (C=O) groups is 4. The first-order valence-corrected chi connectivity index (χ1v) is 15.2. The topological polar surface area (TPSA) is 125 Å². The summed E-state index contributed by atoms with van der Waals surface area (Å²) in [5, 5.41) is 12.9. The molecule has 3 amide bonds. The number of amides is 3. The Kier molecular flexibility index (Phi) is 10.4. The maximum atomic E-state index is 14.6. The number of hydrogen-bond donors (Lipinski definition) is 2. The highest BCUT2D eigenvalue weighted by molar-refractivity contribution is 5.98. The lowest BCUT2D eigenvalue weighted by atomic mass is 9.70. The van der Waals surface area contributed by atoms with Crippen molar-refractivity contribution in [2.24, 2.45) is 17.3 Å². The number of nitrogens with zero attached hydrogens (tertiary/aromatic N) is 2. The minimum Gasteiger partial charge on any atom is -0.460 e. The number of allylic oxidation sites excluding steroid dienone is 1. The van der Waals surface area contributed by atoms with Crippen LogP contribution < -0.4 is 5.32 Å². The molecule has 0 aromatic rings. The zero-order valence-electron chi connectivity index (χ0n) is 26.5. The summed E-state index contributed by atoms with van der Waals surface area (Å²) in [7, 11) is 0. The predicted molar refractivity (Wildman–Crippen MR) is 159 cm³/mol. The van der Waals surface area contributed by atoms with Gasteiger partial charge in [-0.1, -0.05) is 32.9 Å². The molecule has 2 N–H and O–H groups in total. The van der Waals surface area contributed by atoms with Crippen LogP contribution in [0.4, 0.5) is 0 Å². The van der Waals surface area contributed by atoms with E-state index in [0.717, 1.165) is 0 Å². The number of aliphatic hydroxyl groups is 1. The van der Waals surface area contributed by atoms with Gasteiger partial charge >= 0.3 is 5.97 Å². The Labute approximate surface area is 250 Å². The Morgan fingerprint density at radius 2 is 1.88 bits per heavy atom. The van der Waals surface area contributed by atoms with Crippen molar-refractivity contribution < 1.29 is 33.8 Å². The largest absolute Gasteiger partial charge is 0.460 e. The fraction of sp³-hybridized carbons (Fsp3) is 0.750. The van der Waals surface area contributed by atoms with E-state index in [1.54, 1.807) is 30.9 Å². The van der Waals surface area contributed by atoms with Crippen LogP contribution in [0.2, 0.25) is 0 Å². The molecule has 236 valence electrons. The zero-order chi connectivity index (χ0) is 31.6. The Morgan fingerprint density at radius 3 is 2.45 bits per heavy atom. The van der Waals surface area contributed by atoms with Crippen LogP contribution in [0.5, 0.6) is 0 Å². The first-order chi connectivity index (χ1) is 19.5. The molecular weight excluding hydrogens is 538 g/mol. The second-order valence-corrected chi connectivity index (χ2v) is 14.0. The monoisotopic (exact) mass is 589 g/mol. The third-order valence-electron chi connectivity index (χ3n) is 8.73. The summed E-state index contributed by atoms with van der Waals surface area (Å²) in [6, 6.07) is -1.66. The number of carbonyl (C=O) groups excluding carboxylic acids is 4. The van der Waals surface area contributed by atoms with Crippen LogP contribution in [-0.4, -0.2) is 93.7 Å². The maximum Gasteiger partial charge on any atom is 0.312 e. The Hall–Kier alpha value is -2.72. The minimum atomic E-state index is -1.20. The lowest BCUT2D eigenvalue weighted by Crippen LogP contribution is -2.62. The van der Waals surface area contributed by atoms with Crippen LogP contribution in [-0.2, 0) is 28.7 Å². The van der Waals surface area contributed by atoms with Gasteiger partial charge in [0.05, 0.1) is 37.1 Å². The molecule has 3 saturated heterocycles. The number of likely N-dealkylation sites (tertiary alicyclic amines) is 1. The Morgan fingerprint density at radius 1 is 1.21 bits per heavy atom. The first-order valence-electron chi connectivity index (χ1n) is 15.2. The van der Waals surface area contributed by atoms with Gasteiger partial charge in [-0.25, -0.2) is 0 Å². The number of esters is 1. The molecule has 42 heavy (non-hydrogen) atoms. The van der Waals surface area contributed by atoms with Gasteiger partial charge in [-0.2, -0.15) is 0 Å². The highest BCUT2D eigenvalue weighted by atomic mass is 16.6. The number of rotatable bonds is 14. The van der Waals surface area contributed by atoms with Crippen LogP contribution >= 0.6 is 0 Å². The lowest BCUT2D eigenvalue weighted by Gasteiger charge is -2.46. The van der Waals surface area contributed by atoms with Gasteiger partial charge < -0.3 is 29.7 Å². The number of nitrogens with one attached hydrogen (secondary N) is 1. The van der Waals surface area contributed by atoms with Crippen molar-refractivity contribution >= 4 is 23.7 Å². The van der Waals surface area contributed by atoms with Crippen molar-refractivity contribution in [1.82, 2.24) is 15.1 Å². The van der Waals surface area contributed by atoms with Crippen molar-refractivity contribution in [3.8, 4) is 0 Å². The number of ether oxygens (including phenoxy) is 2. The average molecular weight is 590 g/mol. The summed E-state index contributed by atoms with van der Waals surface area (Å²) in [6.45, 7) is 21.3. The Balaban J connectivity index is 1.92. The van der Waals surface area contributed by atoms with Gasteiger partial charge in [-0.3, -0.25) is 19.2 Å². The highest BCUT2D eigenvalue weighted by Crippen LogP contribution is 2.59. The van der Waals surface area contributed by atoms with E-state index < -0.39 is 53.2 Å². The summed E-state index contributed by atoms with van der Waals surface area (Å²) in [5.41, 5.74) is -1.85. The molecular formula is C32H51N3O7. The molecule has 0 aromatic carbocycles. The smallest absolute Gasteiger partial charge is 0.312 e. The fourth-order valence-electron chi connectivity index (χ4n) is 7.40. The van der Waals surface area contributed by atoms with Crippen LogP contribution in [0.1, 0.15) is 80.6 Å². The minimum absolute atomic E-state index is 0.0768. The fourth-order valence-corrected chi connectivity index (χ4v) is 7.40.